The number of hydrogen-bond acceptors (Lipinski definition) is 14. The Morgan fingerprint density at radius 2 is 0.505 bits per heavy atom. The predicted octanol–water partition coefficient (Wildman–Crippen LogP) is 24.7. The van der Waals surface area contributed by atoms with Gasteiger partial charge in [0, 0.05) is 19.3 Å². The van der Waals surface area contributed by atoms with Gasteiger partial charge in [0.1, 0.15) is 25.4 Å². The second-order valence-electron chi connectivity index (χ2n) is 27.5. The summed E-state index contributed by atoms with van der Waals surface area (Å²) < 4.78 is 61.2. The van der Waals surface area contributed by atoms with Gasteiger partial charge in [-0.1, -0.05) is 315 Å². The number of carbonyl (C=O) groups is 3. The van der Waals surface area contributed by atoms with Gasteiger partial charge in [-0.2, -0.15) is 0 Å². The Kier molecular flexibility index (Phi) is 76.0. The third-order valence-electron chi connectivity index (χ3n) is 17.3. The van der Waals surface area contributed by atoms with E-state index in [2.05, 4.69) is 154 Å². The molecule has 18 heteroatoms. The van der Waals surface area contributed by atoms with Gasteiger partial charge in [0.25, 0.3) is 0 Å². The van der Waals surface area contributed by atoms with Gasteiger partial charge < -0.3 is 34.2 Å². The van der Waals surface area contributed by atoms with Crippen molar-refractivity contribution in [3.05, 3.63) is 134 Å². The Morgan fingerprint density at radius 3 is 0.800 bits per heavy atom. The third-order valence-corrected chi connectivity index (χ3v) is 19.2. The minimum absolute atomic E-state index is 0.0842. The summed E-state index contributed by atoms with van der Waals surface area (Å²) in [5.74, 6) is -1.60. The summed E-state index contributed by atoms with van der Waals surface area (Å²) in [6.07, 6.45) is 96.4. The topological polar surface area (TPSA) is 231 Å². The Bertz CT molecular complexity index is 2440. The van der Waals surface area contributed by atoms with Crippen LogP contribution in [-0.4, -0.2) is 95.9 Å². The van der Waals surface area contributed by atoms with Gasteiger partial charge in [0.05, 0.1) is 26.4 Å². The molecule has 0 bridgehead atoms. The number of aliphatic hydroxyl groups is 2. The lowest BCUT2D eigenvalue weighted by Gasteiger charge is -2.21. The van der Waals surface area contributed by atoms with Crippen LogP contribution in [0.2, 0.25) is 0 Å². The molecule has 0 amide bonds. The standard InChI is InChI=1S/C87H150O16P2/c1-4-7-10-13-16-19-22-25-28-30-32-34-36-37-38-39-40-41-42-43-45-47-48-50-53-55-58-61-64-67-70-73-85(90)97-76-82(88)77-99-104(93,94)100-78-83(89)79-101-105(95,96)102-81-84(103-87(92)75-72-69-66-63-60-57-52-27-24-21-18-15-12-9-6-3)80-98-86(91)74-71-68-65-62-59-56-54-51-49-46-44-35-33-31-29-26-23-20-17-14-11-8-5-2/h7,10,16-21,25-29,32-35,37-38,46,49,52,82-84,88-89H,4-6,8-9,11-15,22-24,30-31,36,39-45,47-48,50-51,53-81H2,1-3H3,(H,93,94)(H,95,96)/b10-7-,19-16-,20-17-,21-18-,28-25-,29-26-,34-32-,35-33-,38-37-,49-46-,52-27-. The van der Waals surface area contributed by atoms with E-state index in [1.54, 1.807) is 0 Å². The quantitative estimate of drug-likeness (QED) is 0.0146. The molecule has 0 aliphatic heterocycles. The minimum Gasteiger partial charge on any atom is -0.463 e. The first-order valence-corrected chi connectivity index (χ1v) is 44.5. The highest BCUT2D eigenvalue weighted by atomic mass is 31.2. The van der Waals surface area contributed by atoms with Crippen LogP contribution in [0.15, 0.2) is 134 Å². The highest BCUT2D eigenvalue weighted by molar-refractivity contribution is 7.47. The van der Waals surface area contributed by atoms with Crippen LogP contribution in [-0.2, 0) is 55.8 Å². The van der Waals surface area contributed by atoms with Crippen molar-refractivity contribution in [2.45, 2.75) is 360 Å². The van der Waals surface area contributed by atoms with Crippen molar-refractivity contribution in [2.75, 3.05) is 39.6 Å². The number of allylic oxidation sites excluding steroid dienone is 22. The molecule has 4 N–H and O–H groups in total. The molecule has 16 nitrogen and oxygen atoms in total. The number of ether oxygens (including phenoxy) is 3. The molecule has 5 atom stereocenters. The van der Waals surface area contributed by atoms with E-state index in [9.17, 15) is 43.5 Å². The fourth-order valence-corrected chi connectivity index (χ4v) is 12.6. The van der Waals surface area contributed by atoms with Crippen LogP contribution in [0.1, 0.15) is 342 Å². The van der Waals surface area contributed by atoms with Crippen LogP contribution in [0, 0.1) is 0 Å². The molecule has 0 radical (unpaired) electrons. The van der Waals surface area contributed by atoms with E-state index >= 15 is 0 Å². The number of carbonyl (C=O) groups excluding carboxylic acids is 3. The molecule has 0 saturated carbocycles. The molecule has 0 spiro atoms. The first-order chi connectivity index (χ1) is 51.2. The summed E-state index contributed by atoms with van der Waals surface area (Å²) in [7, 11) is -9.80. The number of aliphatic hydroxyl groups excluding tert-OH is 2. The molecule has 0 aliphatic carbocycles. The maximum atomic E-state index is 13.0. The van der Waals surface area contributed by atoms with Crippen molar-refractivity contribution in [2.24, 2.45) is 0 Å². The van der Waals surface area contributed by atoms with Gasteiger partial charge in [0.15, 0.2) is 6.10 Å². The smallest absolute Gasteiger partial charge is 0.463 e. The summed E-state index contributed by atoms with van der Waals surface area (Å²) >= 11 is 0. The van der Waals surface area contributed by atoms with Crippen LogP contribution >= 0.6 is 15.6 Å². The summed E-state index contributed by atoms with van der Waals surface area (Å²) in [4.78, 5) is 58.7. The lowest BCUT2D eigenvalue weighted by molar-refractivity contribution is -0.161. The van der Waals surface area contributed by atoms with E-state index in [1.807, 2.05) is 0 Å². The Hall–Kier alpha value is -4.31. The average molecular weight is 1510 g/mol. The molecular weight excluding hydrogens is 1360 g/mol. The van der Waals surface area contributed by atoms with E-state index in [-0.39, 0.29) is 19.3 Å². The van der Waals surface area contributed by atoms with Crippen molar-refractivity contribution in [3.8, 4) is 0 Å². The fraction of sp³-hybridized carbons (Fsp3) is 0.713. The van der Waals surface area contributed by atoms with Crippen LogP contribution in [0.25, 0.3) is 0 Å². The SMILES string of the molecule is CC/C=C\C/C=C\C/C=C\C/C=C\C/C=C\CCCCCCCCCCCCCCCCCC(=O)OCC(O)COP(=O)(O)OCC(O)COP(=O)(O)OCC(COC(=O)CCCCCCCCC/C=C\C/C=C\C/C=C\C/C=C\CCCCC)OC(=O)CCCCCCC/C=C\C/C=C\CCCCC. The Labute approximate surface area is 639 Å². The van der Waals surface area contributed by atoms with Crippen molar-refractivity contribution in [1.29, 1.82) is 0 Å². The summed E-state index contributed by atoms with van der Waals surface area (Å²) in [6, 6.07) is 0. The first-order valence-electron chi connectivity index (χ1n) is 41.5. The second kappa shape index (κ2) is 79.2. The van der Waals surface area contributed by atoms with Crippen LogP contribution in [0.5, 0.6) is 0 Å². The number of phosphoric acid groups is 2. The lowest BCUT2D eigenvalue weighted by Crippen LogP contribution is -2.30. The van der Waals surface area contributed by atoms with Crippen molar-refractivity contribution < 1.29 is 75.8 Å². The molecule has 0 fully saturated rings. The number of hydrogen-bond donors (Lipinski definition) is 4. The first kappa shape index (κ1) is 101. The highest BCUT2D eigenvalue weighted by Crippen LogP contribution is 2.45. The maximum Gasteiger partial charge on any atom is 0.472 e. The number of rotatable bonds is 78. The summed E-state index contributed by atoms with van der Waals surface area (Å²) in [5.41, 5.74) is 0. The lowest BCUT2D eigenvalue weighted by atomic mass is 10.0. The Balaban J connectivity index is 4.51. The largest absolute Gasteiger partial charge is 0.472 e. The average Bonchev–Trinajstić information content (AvgIpc) is 0.965. The van der Waals surface area contributed by atoms with Gasteiger partial charge >= 0.3 is 33.6 Å². The highest BCUT2D eigenvalue weighted by Gasteiger charge is 2.29. The molecule has 0 saturated heterocycles. The normalized spacial score (nSPS) is 14.6. The van der Waals surface area contributed by atoms with Crippen LogP contribution in [0.3, 0.4) is 0 Å². The molecule has 0 aromatic rings. The molecule has 0 aliphatic rings. The summed E-state index contributed by atoms with van der Waals surface area (Å²) in [6.45, 7) is 2.51. The fourth-order valence-electron chi connectivity index (χ4n) is 11.0. The van der Waals surface area contributed by atoms with Gasteiger partial charge in [-0.25, -0.2) is 9.13 Å². The molecule has 105 heavy (non-hydrogen) atoms. The minimum atomic E-state index is -4.94. The molecule has 604 valence electrons. The molecule has 0 rings (SSSR count). The zero-order valence-electron chi connectivity index (χ0n) is 66.1. The van der Waals surface area contributed by atoms with Gasteiger partial charge in [-0.15, -0.1) is 0 Å². The number of unbranched alkanes of at least 4 members (excludes halogenated alkanes) is 33. The van der Waals surface area contributed by atoms with Crippen molar-refractivity contribution in [1.82, 2.24) is 0 Å². The molecular formula is C87H150O16P2. The van der Waals surface area contributed by atoms with E-state index in [0.29, 0.717) is 19.3 Å². The zero-order valence-corrected chi connectivity index (χ0v) is 67.9. The van der Waals surface area contributed by atoms with Crippen molar-refractivity contribution >= 4 is 33.6 Å². The van der Waals surface area contributed by atoms with Gasteiger partial charge in [-0.05, 0) is 141 Å². The Morgan fingerprint density at radius 1 is 0.276 bits per heavy atom. The number of esters is 3. The second-order valence-corrected chi connectivity index (χ2v) is 30.4. The van der Waals surface area contributed by atoms with Gasteiger partial charge in [0.2, 0.25) is 0 Å². The van der Waals surface area contributed by atoms with E-state index in [0.717, 1.165) is 161 Å². The third kappa shape index (κ3) is 80.5. The van der Waals surface area contributed by atoms with E-state index < -0.39 is 91.5 Å². The number of phosphoric ester groups is 2. The molecule has 0 aromatic heterocycles. The van der Waals surface area contributed by atoms with Crippen molar-refractivity contribution in [3.63, 3.8) is 0 Å². The molecule has 0 aromatic carbocycles. The molecule has 5 unspecified atom stereocenters. The maximum absolute atomic E-state index is 13.0. The van der Waals surface area contributed by atoms with Crippen LogP contribution < -0.4 is 0 Å². The van der Waals surface area contributed by atoms with E-state index in [4.69, 9.17) is 32.3 Å². The monoisotopic (exact) mass is 1510 g/mol. The predicted molar refractivity (Wildman–Crippen MR) is 436 cm³/mol. The molecule has 0 heterocycles. The van der Waals surface area contributed by atoms with Gasteiger partial charge in [-0.3, -0.25) is 32.5 Å². The van der Waals surface area contributed by atoms with Crippen LogP contribution in [0.4, 0.5) is 0 Å². The summed E-state index contributed by atoms with van der Waals surface area (Å²) in [5, 5.41) is 20.7. The van der Waals surface area contributed by atoms with E-state index in [1.165, 1.54) is 122 Å². The zero-order chi connectivity index (χ0) is 76.6.